The molecule has 0 fully saturated rings. The number of rotatable bonds is 9. The Morgan fingerprint density at radius 2 is 1.74 bits per heavy atom. The number of benzene rings is 2. The van der Waals surface area contributed by atoms with Gasteiger partial charge in [0.15, 0.2) is 0 Å². The second-order valence-corrected chi connectivity index (χ2v) is 6.37. The molecule has 0 bridgehead atoms. The Kier molecular flexibility index (Phi) is 7.82. The first kappa shape index (κ1) is 20.5. The van der Waals surface area contributed by atoms with Crippen LogP contribution in [0.25, 0.3) is 0 Å². The second kappa shape index (κ2) is 10.3. The summed E-state index contributed by atoms with van der Waals surface area (Å²) in [5.74, 6) is 0.711. The van der Waals surface area contributed by atoms with Gasteiger partial charge >= 0.3 is 5.97 Å². The van der Waals surface area contributed by atoms with Crippen LogP contribution >= 0.6 is 0 Å². The highest BCUT2D eigenvalue weighted by Gasteiger charge is 2.12. The van der Waals surface area contributed by atoms with Crippen LogP contribution in [0, 0.1) is 5.92 Å². The van der Waals surface area contributed by atoms with Crippen LogP contribution in [0.3, 0.4) is 0 Å². The van der Waals surface area contributed by atoms with E-state index in [4.69, 9.17) is 14.2 Å². The van der Waals surface area contributed by atoms with Crippen LogP contribution in [0.4, 0.5) is 5.69 Å². The van der Waals surface area contributed by atoms with Gasteiger partial charge in [-0.2, -0.15) is 0 Å². The third-order valence-electron chi connectivity index (χ3n) is 3.60. The van der Waals surface area contributed by atoms with Crippen molar-refractivity contribution in [2.24, 2.45) is 5.92 Å². The van der Waals surface area contributed by atoms with Gasteiger partial charge in [0, 0.05) is 12.3 Å². The van der Waals surface area contributed by atoms with Crippen molar-refractivity contribution in [1.29, 1.82) is 0 Å². The van der Waals surface area contributed by atoms with Crippen LogP contribution in [-0.4, -0.2) is 32.2 Å². The number of ether oxygens (including phenoxy) is 3. The van der Waals surface area contributed by atoms with Gasteiger partial charge in [0.2, 0.25) is 0 Å². The maximum absolute atomic E-state index is 12.4. The van der Waals surface area contributed by atoms with E-state index in [1.165, 1.54) is 7.11 Å². The molecular formula is C21H25NO5. The largest absolute Gasteiger partial charge is 0.496 e. The molecule has 144 valence electrons. The van der Waals surface area contributed by atoms with E-state index in [0.29, 0.717) is 41.9 Å². The lowest BCUT2D eigenvalue weighted by molar-refractivity contribution is -0.135. The Morgan fingerprint density at radius 3 is 2.41 bits per heavy atom. The van der Waals surface area contributed by atoms with Crippen molar-refractivity contribution in [3.8, 4) is 11.5 Å². The van der Waals surface area contributed by atoms with Gasteiger partial charge in [-0.3, -0.25) is 9.59 Å². The van der Waals surface area contributed by atoms with Gasteiger partial charge in [0.1, 0.15) is 11.5 Å². The molecule has 0 aromatic heterocycles. The molecule has 0 heterocycles. The molecule has 0 atom stereocenters. The predicted octanol–water partition coefficient (Wildman–Crippen LogP) is 3.92. The summed E-state index contributed by atoms with van der Waals surface area (Å²) < 4.78 is 15.8. The normalized spacial score (nSPS) is 10.5. The minimum Gasteiger partial charge on any atom is -0.496 e. The van der Waals surface area contributed by atoms with Crippen LogP contribution in [0.15, 0.2) is 48.5 Å². The van der Waals surface area contributed by atoms with E-state index >= 15 is 0 Å². The van der Waals surface area contributed by atoms with Gasteiger partial charge in [-0.15, -0.1) is 0 Å². The number of hydrogen-bond donors (Lipinski definition) is 1. The van der Waals surface area contributed by atoms with E-state index < -0.39 is 0 Å². The van der Waals surface area contributed by atoms with E-state index in [-0.39, 0.29) is 18.3 Å². The molecule has 27 heavy (non-hydrogen) atoms. The molecule has 0 aliphatic rings. The van der Waals surface area contributed by atoms with Gasteiger partial charge < -0.3 is 19.5 Å². The number of hydrogen-bond acceptors (Lipinski definition) is 5. The maximum atomic E-state index is 12.4. The van der Waals surface area contributed by atoms with Crippen molar-refractivity contribution in [3.63, 3.8) is 0 Å². The van der Waals surface area contributed by atoms with Crippen molar-refractivity contribution >= 4 is 17.6 Å². The van der Waals surface area contributed by atoms with Crippen molar-refractivity contribution in [3.05, 3.63) is 54.1 Å². The number of carbonyl (C=O) groups excluding carboxylic acids is 2. The number of methoxy groups -OCH3 is 1. The standard InChI is InChI=1S/C21H25NO5/c1-15(2)14-26-13-12-20(23)27-17-10-8-16(9-11-17)22-21(24)18-6-4-5-7-19(18)25-3/h4-11,15H,12-14H2,1-3H3,(H,22,24). The Bertz CT molecular complexity index is 755. The van der Waals surface area contributed by atoms with Crippen LogP contribution in [0.5, 0.6) is 11.5 Å². The average Bonchev–Trinajstić information content (AvgIpc) is 2.66. The molecule has 0 aliphatic carbocycles. The third-order valence-corrected chi connectivity index (χ3v) is 3.60. The van der Waals surface area contributed by atoms with Gasteiger partial charge in [-0.05, 0) is 42.3 Å². The third kappa shape index (κ3) is 6.75. The maximum Gasteiger partial charge on any atom is 0.313 e. The Labute approximate surface area is 159 Å². The molecule has 1 N–H and O–H groups in total. The number of carbonyl (C=O) groups is 2. The molecule has 2 aromatic carbocycles. The van der Waals surface area contributed by atoms with Crippen molar-refractivity contribution in [2.45, 2.75) is 20.3 Å². The summed E-state index contributed by atoms with van der Waals surface area (Å²) in [4.78, 5) is 24.2. The first-order chi connectivity index (χ1) is 13.0. The monoisotopic (exact) mass is 371 g/mol. The lowest BCUT2D eigenvalue weighted by atomic mass is 10.2. The zero-order valence-corrected chi connectivity index (χ0v) is 15.9. The first-order valence-electron chi connectivity index (χ1n) is 8.82. The molecule has 2 aromatic rings. The van der Waals surface area contributed by atoms with Crippen LogP contribution in [0.1, 0.15) is 30.6 Å². The van der Waals surface area contributed by atoms with Crippen molar-refractivity contribution in [2.75, 3.05) is 25.6 Å². The number of para-hydroxylation sites is 1. The van der Waals surface area contributed by atoms with Gasteiger partial charge in [-0.25, -0.2) is 0 Å². The highest BCUT2D eigenvalue weighted by atomic mass is 16.5. The second-order valence-electron chi connectivity index (χ2n) is 6.37. The quantitative estimate of drug-likeness (QED) is 0.411. The van der Waals surface area contributed by atoms with E-state index in [0.717, 1.165) is 0 Å². The summed E-state index contributed by atoms with van der Waals surface area (Å²) in [7, 11) is 1.52. The summed E-state index contributed by atoms with van der Waals surface area (Å²) in [6.07, 6.45) is 0.193. The Morgan fingerprint density at radius 1 is 1.04 bits per heavy atom. The summed E-state index contributed by atoms with van der Waals surface area (Å²) in [6.45, 7) is 5.05. The molecule has 0 radical (unpaired) electrons. The number of esters is 1. The van der Waals surface area contributed by atoms with Gasteiger partial charge in [-0.1, -0.05) is 26.0 Å². The molecule has 6 nitrogen and oxygen atoms in total. The predicted molar refractivity (Wildman–Crippen MR) is 103 cm³/mol. The van der Waals surface area contributed by atoms with Crippen LogP contribution in [0.2, 0.25) is 0 Å². The molecule has 0 spiro atoms. The van der Waals surface area contributed by atoms with E-state index in [2.05, 4.69) is 5.32 Å². The molecular weight excluding hydrogens is 346 g/mol. The van der Waals surface area contributed by atoms with E-state index in [1.807, 2.05) is 13.8 Å². The highest BCUT2D eigenvalue weighted by Crippen LogP contribution is 2.21. The fraction of sp³-hybridized carbons (Fsp3) is 0.333. The molecule has 0 aliphatic heterocycles. The number of nitrogens with one attached hydrogen (secondary N) is 1. The summed E-state index contributed by atoms with van der Waals surface area (Å²) in [6, 6.07) is 13.6. The minimum atomic E-state index is -0.357. The van der Waals surface area contributed by atoms with Crippen molar-refractivity contribution < 1.29 is 23.8 Å². The zero-order chi connectivity index (χ0) is 19.6. The SMILES string of the molecule is COc1ccccc1C(=O)Nc1ccc(OC(=O)CCOCC(C)C)cc1. The Balaban J connectivity index is 1.86. The fourth-order valence-electron chi connectivity index (χ4n) is 2.29. The first-order valence-corrected chi connectivity index (χ1v) is 8.82. The van der Waals surface area contributed by atoms with Gasteiger partial charge in [0.25, 0.3) is 5.91 Å². The molecule has 0 saturated carbocycles. The minimum absolute atomic E-state index is 0.193. The Hall–Kier alpha value is -2.86. The summed E-state index contributed by atoms with van der Waals surface area (Å²) in [5, 5.41) is 2.79. The van der Waals surface area contributed by atoms with Crippen molar-refractivity contribution in [1.82, 2.24) is 0 Å². The summed E-state index contributed by atoms with van der Waals surface area (Å²) in [5.41, 5.74) is 1.03. The van der Waals surface area contributed by atoms with E-state index in [1.54, 1.807) is 48.5 Å². The molecule has 1 amide bonds. The highest BCUT2D eigenvalue weighted by molar-refractivity contribution is 6.06. The lowest BCUT2D eigenvalue weighted by Gasteiger charge is -2.10. The van der Waals surface area contributed by atoms with Crippen LogP contribution < -0.4 is 14.8 Å². The summed E-state index contributed by atoms with van der Waals surface area (Å²) >= 11 is 0. The number of anilines is 1. The average molecular weight is 371 g/mol. The molecule has 2 rings (SSSR count). The topological polar surface area (TPSA) is 73.9 Å². The molecule has 0 unspecified atom stereocenters. The van der Waals surface area contributed by atoms with E-state index in [9.17, 15) is 9.59 Å². The molecule has 0 saturated heterocycles. The smallest absolute Gasteiger partial charge is 0.313 e. The fourth-order valence-corrected chi connectivity index (χ4v) is 2.29. The van der Waals surface area contributed by atoms with Crippen LogP contribution in [-0.2, 0) is 9.53 Å². The number of amides is 1. The lowest BCUT2D eigenvalue weighted by Crippen LogP contribution is -2.14. The molecule has 6 heteroatoms. The van der Waals surface area contributed by atoms with Gasteiger partial charge in [0.05, 0.1) is 25.7 Å². The zero-order valence-electron chi connectivity index (χ0n) is 15.9.